The number of hydrogen-bond acceptors (Lipinski definition) is 6. The molecule has 0 aliphatic rings. The Morgan fingerprint density at radius 1 is 1.24 bits per heavy atom. The monoisotopic (exact) mass is 553 g/mol. The van der Waals surface area contributed by atoms with E-state index in [-0.39, 0.29) is 53.6 Å². The highest BCUT2D eigenvalue weighted by Crippen LogP contribution is 2.27. The SMILES string of the molecule is CCNC(=NCCC(F)(F)F)NCCNc1ccc(S(C)(=O)=O)cc1[N+](=O)[O-].I. The van der Waals surface area contributed by atoms with E-state index in [0.717, 1.165) is 12.3 Å². The molecule has 3 N–H and O–H groups in total. The highest BCUT2D eigenvalue weighted by Gasteiger charge is 2.26. The predicted octanol–water partition coefficient (Wildman–Crippen LogP) is 2.54. The first-order chi connectivity index (χ1) is 12.9. The smallest absolute Gasteiger partial charge is 0.378 e. The van der Waals surface area contributed by atoms with Crippen molar-refractivity contribution in [2.24, 2.45) is 4.99 Å². The molecule has 1 aromatic carbocycles. The van der Waals surface area contributed by atoms with Crippen LogP contribution in [0, 0.1) is 10.1 Å². The predicted molar refractivity (Wildman–Crippen MR) is 115 cm³/mol. The Morgan fingerprint density at radius 2 is 1.90 bits per heavy atom. The van der Waals surface area contributed by atoms with E-state index < -0.39 is 39.6 Å². The van der Waals surface area contributed by atoms with Crippen molar-refractivity contribution in [2.75, 3.05) is 37.8 Å². The van der Waals surface area contributed by atoms with Gasteiger partial charge in [0, 0.05) is 32.0 Å². The Bertz CT molecular complexity index is 819. The molecule has 0 aliphatic carbocycles. The Hall–Kier alpha value is -1.84. The quantitative estimate of drug-likeness (QED) is 0.107. The Labute approximate surface area is 183 Å². The second-order valence-corrected chi connectivity index (χ2v) is 7.70. The number of hydrogen-bond donors (Lipinski definition) is 3. The topological polar surface area (TPSA) is 126 Å². The molecule has 1 aromatic rings. The zero-order valence-electron chi connectivity index (χ0n) is 15.7. The van der Waals surface area contributed by atoms with E-state index in [1.165, 1.54) is 12.1 Å². The molecule has 0 bridgehead atoms. The normalized spacial score (nSPS) is 12.1. The number of guanidine groups is 1. The second-order valence-electron chi connectivity index (χ2n) is 5.69. The van der Waals surface area contributed by atoms with Gasteiger partial charge in [0.15, 0.2) is 15.8 Å². The average molecular weight is 553 g/mol. The molecule has 0 radical (unpaired) electrons. The summed E-state index contributed by atoms with van der Waals surface area (Å²) in [6.45, 7) is 2.17. The van der Waals surface area contributed by atoms with Crippen LogP contribution in [0.2, 0.25) is 0 Å². The van der Waals surface area contributed by atoms with Crippen molar-refractivity contribution in [3.05, 3.63) is 28.3 Å². The fourth-order valence-electron chi connectivity index (χ4n) is 2.06. The summed E-state index contributed by atoms with van der Waals surface area (Å²) in [6, 6.07) is 3.51. The highest BCUT2D eigenvalue weighted by molar-refractivity contribution is 14.0. The molecule has 0 saturated heterocycles. The van der Waals surface area contributed by atoms with Gasteiger partial charge >= 0.3 is 6.18 Å². The first-order valence-electron chi connectivity index (χ1n) is 8.25. The molecule has 9 nitrogen and oxygen atoms in total. The molecule has 0 spiro atoms. The zero-order chi connectivity index (χ0) is 21.4. The Morgan fingerprint density at radius 3 is 2.41 bits per heavy atom. The molecule has 0 unspecified atom stereocenters. The minimum Gasteiger partial charge on any atom is -0.378 e. The summed E-state index contributed by atoms with van der Waals surface area (Å²) < 4.78 is 59.6. The van der Waals surface area contributed by atoms with Gasteiger partial charge in [0.2, 0.25) is 0 Å². The molecule has 29 heavy (non-hydrogen) atoms. The van der Waals surface area contributed by atoms with E-state index in [9.17, 15) is 31.7 Å². The summed E-state index contributed by atoms with van der Waals surface area (Å²) in [5.74, 6) is 0.190. The third-order valence-electron chi connectivity index (χ3n) is 3.34. The lowest BCUT2D eigenvalue weighted by molar-refractivity contribution is -0.384. The summed E-state index contributed by atoms with van der Waals surface area (Å²) in [4.78, 5) is 14.1. The number of nitro groups is 1. The van der Waals surface area contributed by atoms with Gasteiger partial charge in [-0.3, -0.25) is 15.1 Å². The van der Waals surface area contributed by atoms with Crippen LogP contribution < -0.4 is 16.0 Å². The van der Waals surface area contributed by atoms with Crippen molar-refractivity contribution >= 4 is 51.1 Å². The molecule has 0 saturated carbocycles. The summed E-state index contributed by atoms with van der Waals surface area (Å²) >= 11 is 0. The van der Waals surface area contributed by atoms with Gasteiger partial charge in [-0.2, -0.15) is 13.2 Å². The van der Waals surface area contributed by atoms with E-state index in [0.29, 0.717) is 6.54 Å². The molecule has 1 rings (SSSR count). The van der Waals surface area contributed by atoms with Gasteiger partial charge in [0.1, 0.15) is 5.69 Å². The lowest BCUT2D eigenvalue weighted by Crippen LogP contribution is -2.39. The van der Waals surface area contributed by atoms with Crippen molar-refractivity contribution < 1.29 is 26.5 Å². The summed E-state index contributed by atoms with van der Waals surface area (Å²) in [5.41, 5.74) is -0.271. The number of nitro benzene ring substituents is 1. The van der Waals surface area contributed by atoms with Crippen LogP contribution in [0.15, 0.2) is 28.1 Å². The van der Waals surface area contributed by atoms with Crippen molar-refractivity contribution in [1.82, 2.24) is 10.6 Å². The Kier molecular flexibility index (Phi) is 11.2. The van der Waals surface area contributed by atoms with Crippen LogP contribution in [0.1, 0.15) is 13.3 Å². The number of sulfone groups is 1. The maximum absolute atomic E-state index is 12.2. The lowest BCUT2D eigenvalue weighted by atomic mass is 10.2. The molecular formula is C15H23F3IN5O4S. The van der Waals surface area contributed by atoms with Crippen molar-refractivity contribution in [2.45, 2.75) is 24.4 Å². The number of halogens is 4. The van der Waals surface area contributed by atoms with E-state index in [4.69, 9.17) is 0 Å². The van der Waals surface area contributed by atoms with Gasteiger partial charge in [0.25, 0.3) is 5.69 Å². The fourth-order valence-corrected chi connectivity index (χ4v) is 2.70. The minimum atomic E-state index is -4.29. The fraction of sp³-hybridized carbons (Fsp3) is 0.533. The maximum Gasteiger partial charge on any atom is 0.390 e. The molecular weight excluding hydrogens is 530 g/mol. The number of alkyl halides is 3. The Balaban J connectivity index is 0.00000784. The van der Waals surface area contributed by atoms with Gasteiger partial charge < -0.3 is 16.0 Å². The highest BCUT2D eigenvalue weighted by atomic mass is 127. The number of nitrogens with one attached hydrogen (secondary N) is 3. The summed E-state index contributed by atoms with van der Waals surface area (Å²) in [6.07, 6.45) is -4.39. The van der Waals surface area contributed by atoms with Gasteiger partial charge in [-0.25, -0.2) is 8.42 Å². The average Bonchev–Trinajstić information content (AvgIpc) is 2.56. The molecule has 166 valence electrons. The van der Waals surface area contributed by atoms with Gasteiger partial charge in [0.05, 0.1) is 22.8 Å². The first-order valence-corrected chi connectivity index (χ1v) is 10.1. The third-order valence-corrected chi connectivity index (χ3v) is 4.45. The molecule has 0 atom stereocenters. The van der Waals surface area contributed by atoms with Crippen molar-refractivity contribution in [1.29, 1.82) is 0 Å². The standard InChI is InChI=1S/C15H22F3N5O4S.HI/c1-3-19-14(21-7-6-15(16,17)18)22-9-8-20-12-5-4-11(28(2,26)27)10-13(12)23(24)25;/h4-5,10,20H,3,6-9H2,1-2H3,(H2,19,21,22);1H. The van der Waals surface area contributed by atoms with E-state index >= 15 is 0 Å². The van der Waals surface area contributed by atoms with Gasteiger partial charge in [-0.15, -0.1) is 24.0 Å². The van der Waals surface area contributed by atoms with Crippen molar-refractivity contribution in [3.63, 3.8) is 0 Å². The number of benzene rings is 1. The number of aliphatic imine (C=N–C) groups is 1. The van der Waals surface area contributed by atoms with E-state index in [1.807, 2.05) is 0 Å². The van der Waals surface area contributed by atoms with Crippen molar-refractivity contribution in [3.8, 4) is 0 Å². The molecule has 0 amide bonds. The number of nitrogens with zero attached hydrogens (tertiary/aromatic N) is 2. The van der Waals surface area contributed by atoms with Gasteiger partial charge in [-0.05, 0) is 19.1 Å². The number of rotatable bonds is 9. The van der Waals surface area contributed by atoms with Crippen LogP contribution in [-0.2, 0) is 9.84 Å². The molecule has 0 heterocycles. The van der Waals surface area contributed by atoms with Gasteiger partial charge in [-0.1, -0.05) is 0 Å². The van der Waals surface area contributed by atoms with Crippen LogP contribution >= 0.6 is 24.0 Å². The zero-order valence-corrected chi connectivity index (χ0v) is 18.9. The maximum atomic E-state index is 12.2. The van der Waals surface area contributed by atoms with Crippen LogP contribution in [0.3, 0.4) is 0 Å². The molecule has 0 fully saturated rings. The molecule has 0 aromatic heterocycles. The third kappa shape index (κ3) is 10.5. The lowest BCUT2D eigenvalue weighted by Gasteiger charge is -2.13. The second kappa shape index (κ2) is 12.0. The summed E-state index contributed by atoms with van der Waals surface area (Å²) in [5, 5.41) is 19.5. The van der Waals surface area contributed by atoms with Crippen LogP contribution in [0.25, 0.3) is 0 Å². The largest absolute Gasteiger partial charge is 0.390 e. The molecule has 0 aliphatic heterocycles. The van der Waals surface area contributed by atoms with E-state index in [2.05, 4.69) is 20.9 Å². The first kappa shape index (κ1) is 27.2. The molecule has 14 heteroatoms. The number of anilines is 1. The van der Waals surface area contributed by atoms with E-state index in [1.54, 1.807) is 6.92 Å². The van der Waals surface area contributed by atoms with Crippen LogP contribution in [0.5, 0.6) is 0 Å². The minimum absolute atomic E-state index is 0. The summed E-state index contributed by atoms with van der Waals surface area (Å²) in [7, 11) is -3.59. The van der Waals surface area contributed by atoms with Crippen LogP contribution in [-0.4, -0.2) is 57.9 Å². The van der Waals surface area contributed by atoms with Crippen LogP contribution in [0.4, 0.5) is 24.5 Å².